The molecule has 0 saturated heterocycles. The maximum absolute atomic E-state index is 5.64. The van der Waals surface area contributed by atoms with Crippen molar-refractivity contribution in [3.63, 3.8) is 0 Å². The summed E-state index contributed by atoms with van der Waals surface area (Å²) in [4.78, 5) is 4.38. The second-order valence-corrected chi connectivity index (χ2v) is 5.23. The van der Waals surface area contributed by atoms with E-state index in [4.69, 9.17) is 5.84 Å². The lowest BCUT2D eigenvalue weighted by molar-refractivity contribution is 0.538. The fourth-order valence-corrected chi connectivity index (χ4v) is 2.35. The summed E-state index contributed by atoms with van der Waals surface area (Å²) >= 11 is 3.47. The second kappa shape index (κ2) is 6.09. The summed E-state index contributed by atoms with van der Waals surface area (Å²) in [5.74, 6) is 5.64. The first-order valence-corrected chi connectivity index (χ1v) is 6.61. The number of hydrogen-bond acceptors (Lipinski definition) is 3. The maximum atomic E-state index is 5.64. The molecule has 0 aliphatic heterocycles. The molecule has 1 atom stereocenters. The van der Waals surface area contributed by atoms with Crippen LogP contribution < -0.4 is 11.3 Å². The van der Waals surface area contributed by atoms with Gasteiger partial charge in [0.1, 0.15) is 0 Å². The van der Waals surface area contributed by atoms with Crippen molar-refractivity contribution >= 4 is 15.9 Å². The first-order chi connectivity index (χ1) is 8.69. The van der Waals surface area contributed by atoms with Crippen molar-refractivity contribution in [1.29, 1.82) is 0 Å². The number of nitrogens with zero attached hydrogens (tertiary/aromatic N) is 1. The van der Waals surface area contributed by atoms with E-state index in [0.29, 0.717) is 0 Å². The smallest absolute Gasteiger partial charge is 0.0672 e. The number of halogens is 1. The molecular weight excluding hydrogens is 290 g/mol. The number of nitrogens with one attached hydrogen (secondary N) is 1. The van der Waals surface area contributed by atoms with Crippen molar-refractivity contribution in [2.75, 3.05) is 0 Å². The molecule has 2 rings (SSSR count). The van der Waals surface area contributed by atoms with Gasteiger partial charge in [-0.3, -0.25) is 16.3 Å². The zero-order chi connectivity index (χ0) is 13.0. The Morgan fingerprint density at radius 2 is 2.17 bits per heavy atom. The SMILES string of the molecule is Cc1ccnc(C(Cc2cccc(Br)c2)NN)c1. The molecule has 3 nitrogen and oxygen atoms in total. The van der Waals surface area contributed by atoms with E-state index in [1.807, 2.05) is 24.4 Å². The van der Waals surface area contributed by atoms with Crippen LogP contribution in [-0.2, 0) is 6.42 Å². The molecular formula is C14H16BrN3. The van der Waals surface area contributed by atoms with E-state index >= 15 is 0 Å². The third-order valence-electron chi connectivity index (χ3n) is 2.82. The van der Waals surface area contributed by atoms with Crippen LogP contribution in [0.2, 0.25) is 0 Å². The van der Waals surface area contributed by atoms with Gasteiger partial charge in [-0.15, -0.1) is 0 Å². The fourth-order valence-electron chi connectivity index (χ4n) is 1.90. The largest absolute Gasteiger partial charge is 0.271 e. The van der Waals surface area contributed by atoms with Crippen molar-refractivity contribution in [3.05, 3.63) is 63.9 Å². The Bertz CT molecular complexity index is 528. The van der Waals surface area contributed by atoms with Gasteiger partial charge in [0.05, 0.1) is 11.7 Å². The van der Waals surface area contributed by atoms with Crippen LogP contribution in [0.5, 0.6) is 0 Å². The minimum absolute atomic E-state index is 0.0270. The summed E-state index contributed by atoms with van der Waals surface area (Å²) < 4.78 is 1.08. The third-order valence-corrected chi connectivity index (χ3v) is 3.32. The van der Waals surface area contributed by atoms with Crippen molar-refractivity contribution in [3.8, 4) is 0 Å². The highest BCUT2D eigenvalue weighted by molar-refractivity contribution is 9.10. The van der Waals surface area contributed by atoms with Gasteiger partial charge >= 0.3 is 0 Å². The third kappa shape index (κ3) is 3.38. The highest BCUT2D eigenvalue weighted by atomic mass is 79.9. The monoisotopic (exact) mass is 305 g/mol. The number of nitrogens with two attached hydrogens (primary N) is 1. The van der Waals surface area contributed by atoms with Gasteiger partial charge in [-0.25, -0.2) is 0 Å². The molecule has 0 amide bonds. The average Bonchev–Trinajstić information content (AvgIpc) is 2.36. The average molecular weight is 306 g/mol. The second-order valence-electron chi connectivity index (χ2n) is 4.31. The predicted molar refractivity (Wildman–Crippen MR) is 76.9 cm³/mol. The molecule has 0 fully saturated rings. The van der Waals surface area contributed by atoms with E-state index in [1.54, 1.807) is 0 Å². The van der Waals surface area contributed by atoms with Crippen LogP contribution >= 0.6 is 15.9 Å². The summed E-state index contributed by atoms with van der Waals surface area (Å²) in [5.41, 5.74) is 6.21. The summed E-state index contributed by atoms with van der Waals surface area (Å²) in [6, 6.07) is 12.3. The van der Waals surface area contributed by atoms with E-state index in [9.17, 15) is 0 Å². The van der Waals surface area contributed by atoms with E-state index in [0.717, 1.165) is 16.6 Å². The molecule has 4 heteroatoms. The number of benzene rings is 1. The van der Waals surface area contributed by atoms with Crippen LogP contribution in [0.4, 0.5) is 0 Å². The van der Waals surface area contributed by atoms with Crippen molar-refractivity contribution in [1.82, 2.24) is 10.4 Å². The molecule has 2 aromatic rings. The van der Waals surface area contributed by atoms with Crippen molar-refractivity contribution in [2.45, 2.75) is 19.4 Å². The highest BCUT2D eigenvalue weighted by Gasteiger charge is 2.12. The van der Waals surface area contributed by atoms with Gasteiger partial charge < -0.3 is 0 Å². The highest BCUT2D eigenvalue weighted by Crippen LogP contribution is 2.19. The number of aryl methyl sites for hydroxylation is 1. The lowest BCUT2D eigenvalue weighted by Crippen LogP contribution is -2.30. The molecule has 0 radical (unpaired) electrons. The quantitative estimate of drug-likeness (QED) is 0.674. The first kappa shape index (κ1) is 13.2. The Kier molecular flexibility index (Phi) is 4.47. The fraction of sp³-hybridized carbons (Fsp3) is 0.214. The van der Waals surface area contributed by atoms with Crippen LogP contribution in [0.15, 0.2) is 47.1 Å². The Morgan fingerprint density at radius 3 is 2.83 bits per heavy atom. The van der Waals surface area contributed by atoms with Gasteiger partial charge in [0.15, 0.2) is 0 Å². The molecule has 1 aromatic heterocycles. The predicted octanol–water partition coefficient (Wildman–Crippen LogP) is 2.90. The number of pyridine rings is 1. The summed E-state index contributed by atoms with van der Waals surface area (Å²) in [5, 5.41) is 0. The Morgan fingerprint density at radius 1 is 1.33 bits per heavy atom. The van der Waals surface area contributed by atoms with Crippen LogP contribution in [0.3, 0.4) is 0 Å². The van der Waals surface area contributed by atoms with Gasteiger partial charge in [0.2, 0.25) is 0 Å². The molecule has 0 aliphatic carbocycles. The standard InChI is InChI=1S/C14H16BrN3/c1-10-5-6-17-13(7-10)14(18-16)9-11-3-2-4-12(15)8-11/h2-8,14,18H,9,16H2,1H3. The molecule has 0 bridgehead atoms. The van der Waals surface area contributed by atoms with E-state index in [-0.39, 0.29) is 6.04 Å². The molecule has 1 heterocycles. The van der Waals surface area contributed by atoms with Crippen LogP contribution in [0.25, 0.3) is 0 Å². The van der Waals surface area contributed by atoms with Gasteiger partial charge in [0.25, 0.3) is 0 Å². The summed E-state index contributed by atoms with van der Waals surface area (Å²) in [6.45, 7) is 2.05. The van der Waals surface area contributed by atoms with Gasteiger partial charge in [-0.1, -0.05) is 28.1 Å². The van der Waals surface area contributed by atoms with Gasteiger partial charge in [-0.05, 0) is 48.7 Å². The summed E-state index contributed by atoms with van der Waals surface area (Å²) in [6.07, 6.45) is 2.63. The minimum atomic E-state index is 0.0270. The van der Waals surface area contributed by atoms with E-state index < -0.39 is 0 Å². The zero-order valence-electron chi connectivity index (χ0n) is 10.2. The van der Waals surface area contributed by atoms with Gasteiger partial charge in [0, 0.05) is 10.7 Å². The maximum Gasteiger partial charge on any atom is 0.0672 e. The normalized spacial score (nSPS) is 12.4. The van der Waals surface area contributed by atoms with Crippen molar-refractivity contribution in [2.24, 2.45) is 5.84 Å². The minimum Gasteiger partial charge on any atom is -0.271 e. The molecule has 0 spiro atoms. The Hall–Kier alpha value is -1.23. The topological polar surface area (TPSA) is 50.9 Å². The molecule has 94 valence electrons. The zero-order valence-corrected chi connectivity index (χ0v) is 11.8. The van der Waals surface area contributed by atoms with Crippen LogP contribution in [0, 0.1) is 6.92 Å². The molecule has 18 heavy (non-hydrogen) atoms. The lowest BCUT2D eigenvalue weighted by atomic mass is 10.0. The lowest BCUT2D eigenvalue weighted by Gasteiger charge is -2.16. The van der Waals surface area contributed by atoms with E-state index in [1.165, 1.54) is 11.1 Å². The summed E-state index contributed by atoms with van der Waals surface area (Å²) in [7, 11) is 0. The van der Waals surface area contributed by atoms with Crippen LogP contribution in [0.1, 0.15) is 22.9 Å². The van der Waals surface area contributed by atoms with Gasteiger partial charge in [-0.2, -0.15) is 0 Å². The van der Waals surface area contributed by atoms with Crippen LogP contribution in [-0.4, -0.2) is 4.98 Å². The Balaban J connectivity index is 2.19. The molecule has 1 unspecified atom stereocenters. The molecule has 0 aliphatic rings. The number of hydrogen-bond donors (Lipinski definition) is 2. The number of aromatic nitrogens is 1. The molecule has 3 N–H and O–H groups in total. The molecule has 1 aromatic carbocycles. The van der Waals surface area contributed by atoms with Crippen molar-refractivity contribution < 1.29 is 0 Å². The van der Waals surface area contributed by atoms with E-state index in [2.05, 4.69) is 51.5 Å². The number of hydrazine groups is 1. The molecule has 0 saturated carbocycles. The Labute approximate surface area is 116 Å². The number of rotatable bonds is 4. The first-order valence-electron chi connectivity index (χ1n) is 5.82.